The summed E-state index contributed by atoms with van der Waals surface area (Å²) in [5.74, 6) is 0. The van der Waals surface area contributed by atoms with Crippen LogP contribution in [-0.2, 0) is 12.8 Å². The molecule has 132 valence electrons. The molecular formula is C26H28. The van der Waals surface area contributed by atoms with E-state index in [1.807, 2.05) is 0 Å². The van der Waals surface area contributed by atoms with Crippen molar-refractivity contribution in [1.29, 1.82) is 0 Å². The highest BCUT2D eigenvalue weighted by Crippen LogP contribution is 2.31. The number of aryl methyl sites for hydroxylation is 2. The lowest BCUT2D eigenvalue weighted by molar-refractivity contribution is 1.10. The lowest BCUT2D eigenvalue weighted by atomic mass is 9.90. The van der Waals surface area contributed by atoms with E-state index in [4.69, 9.17) is 0 Å². The van der Waals surface area contributed by atoms with E-state index in [0.29, 0.717) is 0 Å². The number of rotatable bonds is 5. The smallest absolute Gasteiger partial charge is 0.0175 e. The third-order valence-electron chi connectivity index (χ3n) is 5.17. The second-order valence-corrected chi connectivity index (χ2v) is 7.08. The molecule has 0 bridgehead atoms. The Hall–Kier alpha value is -2.60. The van der Waals surface area contributed by atoms with Crippen LogP contribution in [0.4, 0.5) is 0 Å². The molecule has 0 aliphatic heterocycles. The van der Waals surface area contributed by atoms with Crippen LogP contribution in [0.5, 0.6) is 0 Å². The Morgan fingerprint density at radius 3 is 2.00 bits per heavy atom. The van der Waals surface area contributed by atoms with Crippen molar-refractivity contribution in [2.45, 2.75) is 40.5 Å². The molecule has 3 rings (SSSR count). The summed E-state index contributed by atoms with van der Waals surface area (Å²) < 4.78 is 0. The van der Waals surface area contributed by atoms with E-state index >= 15 is 0 Å². The zero-order valence-electron chi connectivity index (χ0n) is 16.4. The van der Waals surface area contributed by atoms with E-state index in [-0.39, 0.29) is 0 Å². The Bertz CT molecular complexity index is 927. The van der Waals surface area contributed by atoms with Crippen LogP contribution in [0.3, 0.4) is 0 Å². The first kappa shape index (κ1) is 18.2. The van der Waals surface area contributed by atoms with Gasteiger partial charge in [-0.25, -0.2) is 0 Å². The molecule has 0 heteroatoms. The fraction of sp³-hybridized carbons (Fsp3) is 0.231. The van der Waals surface area contributed by atoms with Gasteiger partial charge in [0.15, 0.2) is 0 Å². The summed E-state index contributed by atoms with van der Waals surface area (Å²) in [7, 11) is 0. The van der Waals surface area contributed by atoms with Crippen molar-refractivity contribution in [1.82, 2.24) is 0 Å². The zero-order chi connectivity index (χ0) is 18.7. The van der Waals surface area contributed by atoms with Crippen LogP contribution in [0, 0.1) is 6.92 Å². The lowest BCUT2D eigenvalue weighted by Gasteiger charge is -2.15. The Balaban J connectivity index is 1.99. The molecule has 0 amide bonds. The van der Waals surface area contributed by atoms with E-state index in [9.17, 15) is 0 Å². The predicted molar refractivity (Wildman–Crippen MR) is 116 cm³/mol. The maximum absolute atomic E-state index is 4.18. The van der Waals surface area contributed by atoms with Gasteiger partial charge < -0.3 is 0 Å². The minimum absolute atomic E-state index is 1.04. The molecule has 0 aliphatic rings. The molecule has 0 atom stereocenters. The average Bonchev–Trinajstić information content (AvgIpc) is 2.67. The maximum Gasteiger partial charge on any atom is -0.0175 e. The highest BCUT2D eigenvalue weighted by molar-refractivity contribution is 5.76. The van der Waals surface area contributed by atoms with Gasteiger partial charge in [-0.1, -0.05) is 80.6 Å². The molecular weight excluding hydrogens is 312 g/mol. The molecule has 0 radical (unpaired) electrons. The van der Waals surface area contributed by atoms with Crippen LogP contribution in [0.2, 0.25) is 0 Å². The molecule has 0 nitrogen and oxygen atoms in total. The summed E-state index contributed by atoms with van der Waals surface area (Å²) in [6.45, 7) is 12.9. The summed E-state index contributed by atoms with van der Waals surface area (Å²) in [5, 5.41) is 0. The van der Waals surface area contributed by atoms with E-state index in [1.54, 1.807) is 0 Å². The van der Waals surface area contributed by atoms with Crippen LogP contribution < -0.4 is 0 Å². The van der Waals surface area contributed by atoms with Crippen molar-refractivity contribution in [2.75, 3.05) is 0 Å². The molecule has 26 heavy (non-hydrogen) atoms. The second-order valence-electron chi connectivity index (χ2n) is 7.08. The van der Waals surface area contributed by atoms with E-state index in [0.717, 1.165) is 18.4 Å². The van der Waals surface area contributed by atoms with Crippen LogP contribution in [0.25, 0.3) is 27.8 Å². The summed E-state index contributed by atoms with van der Waals surface area (Å²) in [4.78, 5) is 0. The van der Waals surface area contributed by atoms with Gasteiger partial charge in [0.2, 0.25) is 0 Å². The number of benzene rings is 3. The third-order valence-corrected chi connectivity index (χ3v) is 5.17. The molecule has 3 aromatic carbocycles. The van der Waals surface area contributed by atoms with Gasteiger partial charge in [-0.15, -0.1) is 0 Å². The zero-order valence-corrected chi connectivity index (χ0v) is 16.4. The van der Waals surface area contributed by atoms with Gasteiger partial charge in [-0.2, -0.15) is 0 Å². The molecule has 0 saturated heterocycles. The molecule has 0 N–H and O–H groups in total. The topological polar surface area (TPSA) is 0 Å². The Labute approximate surface area is 158 Å². The predicted octanol–water partition coefficient (Wildman–Crippen LogP) is 7.49. The molecule has 0 aliphatic carbocycles. The lowest BCUT2D eigenvalue weighted by Crippen LogP contribution is -1.95. The van der Waals surface area contributed by atoms with E-state index < -0.39 is 0 Å². The van der Waals surface area contributed by atoms with Gasteiger partial charge in [0.1, 0.15) is 0 Å². The van der Waals surface area contributed by atoms with E-state index in [1.165, 1.54) is 44.5 Å². The van der Waals surface area contributed by atoms with Gasteiger partial charge in [0, 0.05) is 0 Å². The Kier molecular flexibility index (Phi) is 5.42. The summed E-state index contributed by atoms with van der Waals surface area (Å²) in [6, 6.07) is 22.3. The van der Waals surface area contributed by atoms with Crippen molar-refractivity contribution in [3.05, 3.63) is 89.5 Å². The number of hydrogen-bond acceptors (Lipinski definition) is 0. The summed E-state index contributed by atoms with van der Waals surface area (Å²) in [6.07, 6.45) is 2.11. The van der Waals surface area contributed by atoms with Crippen LogP contribution in [0.15, 0.2) is 67.2 Å². The third kappa shape index (κ3) is 3.65. The van der Waals surface area contributed by atoms with Gasteiger partial charge in [0.25, 0.3) is 0 Å². The first-order valence-corrected chi connectivity index (χ1v) is 9.52. The highest BCUT2D eigenvalue weighted by atomic mass is 14.1. The van der Waals surface area contributed by atoms with Crippen LogP contribution in [0.1, 0.15) is 43.0 Å². The van der Waals surface area contributed by atoms with Gasteiger partial charge in [0.05, 0.1) is 0 Å². The van der Waals surface area contributed by atoms with Crippen molar-refractivity contribution >= 4 is 5.57 Å². The molecule has 0 saturated carbocycles. The monoisotopic (exact) mass is 340 g/mol. The van der Waals surface area contributed by atoms with Gasteiger partial charge in [-0.3, -0.25) is 0 Å². The van der Waals surface area contributed by atoms with Crippen LogP contribution in [-0.4, -0.2) is 0 Å². The van der Waals surface area contributed by atoms with Crippen molar-refractivity contribution < 1.29 is 0 Å². The molecule has 0 spiro atoms. The minimum atomic E-state index is 1.04. The Morgan fingerprint density at radius 2 is 1.42 bits per heavy atom. The fourth-order valence-corrected chi connectivity index (χ4v) is 3.66. The summed E-state index contributed by atoms with van der Waals surface area (Å²) in [5.41, 5.74) is 11.7. The largest absolute Gasteiger partial charge is 0.0955 e. The quantitative estimate of drug-likeness (QED) is 0.451. The average molecular weight is 341 g/mol. The van der Waals surface area contributed by atoms with Gasteiger partial charge >= 0.3 is 0 Å². The van der Waals surface area contributed by atoms with Gasteiger partial charge in [-0.05, 0) is 77.3 Å². The SMILES string of the molecule is C=C(C)c1cc(-c2ccc(-c3cccc(CC)c3)cc2)cc(C)c1CC. The second kappa shape index (κ2) is 7.74. The fourth-order valence-electron chi connectivity index (χ4n) is 3.66. The van der Waals surface area contributed by atoms with Crippen LogP contribution >= 0.6 is 0 Å². The number of allylic oxidation sites excluding steroid dienone is 1. The normalized spacial score (nSPS) is 10.8. The number of hydrogen-bond donors (Lipinski definition) is 0. The standard InChI is InChI=1S/C26H28/c1-6-20-9-8-10-23(16-20)21-11-13-22(14-12-21)24-15-19(5)25(7-2)26(17-24)18(3)4/h8-17H,3,6-7H2,1-2,4-5H3. The molecule has 0 aromatic heterocycles. The maximum atomic E-state index is 4.18. The highest BCUT2D eigenvalue weighted by Gasteiger charge is 2.09. The van der Waals surface area contributed by atoms with Crippen molar-refractivity contribution in [3.8, 4) is 22.3 Å². The Morgan fingerprint density at radius 1 is 0.769 bits per heavy atom. The van der Waals surface area contributed by atoms with E-state index in [2.05, 4.69) is 94.9 Å². The van der Waals surface area contributed by atoms with Crippen molar-refractivity contribution in [2.24, 2.45) is 0 Å². The minimum Gasteiger partial charge on any atom is -0.0955 e. The molecule has 0 unspecified atom stereocenters. The molecule has 0 heterocycles. The molecule has 0 fully saturated rings. The first-order valence-electron chi connectivity index (χ1n) is 9.52. The summed E-state index contributed by atoms with van der Waals surface area (Å²) >= 11 is 0. The first-order chi connectivity index (χ1) is 12.5. The van der Waals surface area contributed by atoms with Crippen molar-refractivity contribution in [3.63, 3.8) is 0 Å². The molecule has 3 aromatic rings.